The Kier molecular flexibility index (Phi) is 4.27. The molecule has 2 aliphatic heterocycles. The van der Waals surface area contributed by atoms with E-state index < -0.39 is 0 Å². The molecule has 1 unspecified atom stereocenters. The van der Waals surface area contributed by atoms with Gasteiger partial charge in [-0.2, -0.15) is 4.98 Å². The van der Waals surface area contributed by atoms with Crippen LogP contribution < -0.4 is 5.01 Å². The minimum Gasteiger partial charge on any atom is -0.279 e. The van der Waals surface area contributed by atoms with Gasteiger partial charge < -0.3 is 0 Å². The Hall–Kier alpha value is -3.59. The van der Waals surface area contributed by atoms with Crippen molar-refractivity contribution in [1.29, 1.82) is 0 Å². The maximum atomic E-state index is 5.06. The van der Waals surface area contributed by atoms with Gasteiger partial charge in [0.1, 0.15) is 23.9 Å². The maximum absolute atomic E-state index is 5.06. The number of hydrazine groups is 1. The molecule has 4 aromatic rings. The maximum Gasteiger partial charge on any atom is 0.237 e. The van der Waals surface area contributed by atoms with E-state index in [0.29, 0.717) is 5.95 Å². The molecular formula is C22H23N9. The van der Waals surface area contributed by atoms with Gasteiger partial charge in [0.25, 0.3) is 0 Å². The molecule has 2 aliphatic rings. The van der Waals surface area contributed by atoms with Gasteiger partial charge in [-0.25, -0.2) is 15.0 Å². The summed E-state index contributed by atoms with van der Waals surface area (Å²) in [6.45, 7) is 4.22. The molecule has 0 radical (unpaired) electrons. The van der Waals surface area contributed by atoms with Crippen molar-refractivity contribution < 1.29 is 0 Å². The molecule has 3 aromatic heterocycles. The molecule has 31 heavy (non-hydrogen) atoms. The number of hydrogen-bond donors (Lipinski definition) is 0. The summed E-state index contributed by atoms with van der Waals surface area (Å²) in [5.74, 6) is 3.25. The van der Waals surface area contributed by atoms with E-state index in [0.717, 1.165) is 48.2 Å². The highest BCUT2D eigenvalue weighted by Gasteiger charge is 2.38. The van der Waals surface area contributed by atoms with Crippen LogP contribution in [0.25, 0.3) is 23.0 Å². The van der Waals surface area contributed by atoms with Crippen molar-refractivity contribution >= 4 is 5.82 Å². The molecule has 9 heteroatoms. The van der Waals surface area contributed by atoms with Gasteiger partial charge in [-0.15, -0.1) is 10.2 Å². The van der Waals surface area contributed by atoms with E-state index in [1.165, 1.54) is 12.8 Å². The summed E-state index contributed by atoms with van der Waals surface area (Å²) < 4.78 is 3.96. The van der Waals surface area contributed by atoms with Crippen molar-refractivity contribution in [3.8, 4) is 23.0 Å². The van der Waals surface area contributed by atoms with Gasteiger partial charge in [-0.05, 0) is 19.3 Å². The highest BCUT2D eigenvalue weighted by molar-refractivity contribution is 5.62. The fourth-order valence-corrected chi connectivity index (χ4v) is 4.59. The Morgan fingerprint density at radius 1 is 1.03 bits per heavy atom. The van der Waals surface area contributed by atoms with Crippen molar-refractivity contribution in [2.45, 2.75) is 32.2 Å². The van der Waals surface area contributed by atoms with Gasteiger partial charge in [0, 0.05) is 31.0 Å². The van der Waals surface area contributed by atoms with Crippen molar-refractivity contribution in [2.75, 3.05) is 18.1 Å². The molecule has 0 amide bonds. The van der Waals surface area contributed by atoms with Gasteiger partial charge in [0.2, 0.25) is 5.95 Å². The zero-order chi connectivity index (χ0) is 20.8. The van der Waals surface area contributed by atoms with Gasteiger partial charge in [-0.3, -0.25) is 14.1 Å². The third-order valence-electron chi connectivity index (χ3n) is 6.04. The molecule has 1 saturated heterocycles. The Balaban J connectivity index is 1.51. The van der Waals surface area contributed by atoms with Crippen LogP contribution in [0.5, 0.6) is 0 Å². The summed E-state index contributed by atoms with van der Waals surface area (Å²) in [7, 11) is 0. The van der Waals surface area contributed by atoms with Crippen LogP contribution in [0.1, 0.15) is 38.1 Å². The van der Waals surface area contributed by atoms with E-state index in [-0.39, 0.29) is 6.04 Å². The molecule has 0 N–H and O–H groups in total. The quantitative estimate of drug-likeness (QED) is 0.508. The molecule has 0 bridgehead atoms. The zero-order valence-electron chi connectivity index (χ0n) is 17.3. The second-order valence-corrected chi connectivity index (χ2v) is 7.85. The molecule has 9 nitrogen and oxygen atoms in total. The van der Waals surface area contributed by atoms with Crippen LogP contribution in [0.15, 0.2) is 55.2 Å². The van der Waals surface area contributed by atoms with Crippen LogP contribution in [0, 0.1) is 0 Å². The predicted octanol–water partition coefficient (Wildman–Crippen LogP) is 3.19. The largest absolute Gasteiger partial charge is 0.279 e. The first kappa shape index (κ1) is 18.2. The van der Waals surface area contributed by atoms with Crippen molar-refractivity contribution in [3.05, 3.63) is 61.1 Å². The fourth-order valence-electron chi connectivity index (χ4n) is 4.59. The predicted molar refractivity (Wildman–Crippen MR) is 116 cm³/mol. The van der Waals surface area contributed by atoms with Crippen LogP contribution in [0.4, 0.5) is 5.82 Å². The Morgan fingerprint density at radius 2 is 1.87 bits per heavy atom. The SMILES string of the molecule is CCC1c2nncn2-c2cnc(-n3ccnc3-c3ccccc3)nc2N1N1CCCC1. The standard InChI is InChI=1S/C22H23N9/c1-2-17-21-27-25-15-30(21)18-14-24-22(26-20(18)31(17)28-11-6-7-12-28)29-13-10-23-19(29)16-8-4-3-5-9-16/h3-5,8-10,13-15,17H,2,6-7,11-12H2,1H3. The highest BCUT2D eigenvalue weighted by Crippen LogP contribution is 2.40. The molecule has 6 rings (SSSR count). The Bertz CT molecular complexity index is 1210. The van der Waals surface area contributed by atoms with E-state index >= 15 is 0 Å². The van der Waals surface area contributed by atoms with Gasteiger partial charge in [-0.1, -0.05) is 37.3 Å². The summed E-state index contributed by atoms with van der Waals surface area (Å²) in [4.78, 5) is 14.3. The zero-order valence-corrected chi connectivity index (χ0v) is 17.3. The van der Waals surface area contributed by atoms with Crippen LogP contribution in [0.3, 0.4) is 0 Å². The number of nitrogens with zero attached hydrogens (tertiary/aromatic N) is 9. The molecule has 156 valence electrons. The molecule has 0 aliphatic carbocycles. The lowest BCUT2D eigenvalue weighted by molar-refractivity contribution is 0.255. The van der Waals surface area contributed by atoms with E-state index in [9.17, 15) is 0 Å². The highest BCUT2D eigenvalue weighted by atomic mass is 15.7. The normalized spacial score (nSPS) is 18.2. The first-order chi connectivity index (χ1) is 15.3. The van der Waals surface area contributed by atoms with Crippen LogP contribution in [-0.2, 0) is 0 Å². The minimum absolute atomic E-state index is 0.0900. The molecule has 0 saturated carbocycles. The number of rotatable bonds is 4. The lowest BCUT2D eigenvalue weighted by atomic mass is 10.1. The average molecular weight is 413 g/mol. The summed E-state index contributed by atoms with van der Waals surface area (Å²) in [5, 5.41) is 13.3. The Morgan fingerprint density at radius 3 is 2.68 bits per heavy atom. The second-order valence-electron chi connectivity index (χ2n) is 7.85. The molecular weight excluding hydrogens is 390 g/mol. The second kappa shape index (κ2) is 7.28. The van der Waals surface area contributed by atoms with Gasteiger partial charge in [0.15, 0.2) is 11.6 Å². The number of anilines is 1. The first-order valence-corrected chi connectivity index (χ1v) is 10.8. The van der Waals surface area contributed by atoms with Crippen molar-refractivity contribution in [1.82, 2.24) is 39.3 Å². The smallest absolute Gasteiger partial charge is 0.237 e. The number of hydrogen-bond acceptors (Lipinski definition) is 7. The minimum atomic E-state index is 0.0900. The topological polar surface area (TPSA) is 80.8 Å². The fraction of sp³-hybridized carbons (Fsp3) is 0.318. The molecule has 1 aromatic carbocycles. The number of benzene rings is 1. The summed E-state index contributed by atoms with van der Waals surface area (Å²) in [5.41, 5.74) is 1.93. The molecule has 0 spiro atoms. The van der Waals surface area contributed by atoms with E-state index in [4.69, 9.17) is 9.97 Å². The van der Waals surface area contributed by atoms with Gasteiger partial charge in [0.05, 0.1) is 6.20 Å². The van der Waals surface area contributed by atoms with E-state index in [2.05, 4.69) is 32.1 Å². The number of imidazole rings is 1. The lowest BCUT2D eigenvalue weighted by Crippen LogP contribution is -2.47. The van der Waals surface area contributed by atoms with E-state index in [1.807, 2.05) is 51.9 Å². The lowest BCUT2D eigenvalue weighted by Gasteiger charge is -2.41. The van der Waals surface area contributed by atoms with Crippen LogP contribution >= 0.6 is 0 Å². The number of fused-ring (bicyclic) bond motifs is 3. The van der Waals surface area contributed by atoms with Gasteiger partial charge >= 0.3 is 0 Å². The molecule has 1 atom stereocenters. The summed E-state index contributed by atoms with van der Waals surface area (Å²) in [6, 6.07) is 10.2. The third-order valence-corrected chi connectivity index (χ3v) is 6.04. The van der Waals surface area contributed by atoms with E-state index in [1.54, 1.807) is 12.5 Å². The molecule has 1 fully saturated rings. The Labute approximate surface area is 180 Å². The van der Waals surface area contributed by atoms with Crippen molar-refractivity contribution in [3.63, 3.8) is 0 Å². The monoisotopic (exact) mass is 413 g/mol. The van der Waals surface area contributed by atoms with Crippen LogP contribution in [-0.4, -0.2) is 52.4 Å². The molecule has 5 heterocycles. The average Bonchev–Trinajstić information content (AvgIpc) is 3.59. The first-order valence-electron chi connectivity index (χ1n) is 10.8. The summed E-state index contributed by atoms with van der Waals surface area (Å²) in [6.07, 6.45) is 10.6. The van der Waals surface area contributed by atoms with Crippen LogP contribution in [0.2, 0.25) is 0 Å². The third kappa shape index (κ3) is 2.84. The number of aromatic nitrogens is 7. The van der Waals surface area contributed by atoms with Crippen molar-refractivity contribution in [2.24, 2.45) is 0 Å². The summed E-state index contributed by atoms with van der Waals surface area (Å²) >= 11 is 0.